The Morgan fingerprint density at radius 2 is 1.78 bits per heavy atom. The zero-order valence-corrected chi connectivity index (χ0v) is 20.6. The molecule has 3 aromatic rings. The van der Waals surface area contributed by atoms with E-state index in [1.807, 2.05) is 4.90 Å². The zero-order chi connectivity index (χ0) is 23.1. The molecule has 1 unspecified atom stereocenters. The fourth-order valence-electron chi connectivity index (χ4n) is 3.06. The summed E-state index contributed by atoms with van der Waals surface area (Å²) in [6, 6.07) is 7.94. The van der Waals surface area contributed by atoms with Crippen molar-refractivity contribution in [3.8, 4) is 5.75 Å². The molecule has 8 nitrogen and oxygen atoms in total. The Hall–Kier alpha value is -1.92. The van der Waals surface area contributed by atoms with Crippen LogP contribution in [-0.4, -0.2) is 43.2 Å². The quantitative estimate of drug-likeness (QED) is 0.138. The van der Waals surface area contributed by atoms with Crippen molar-refractivity contribution in [2.75, 3.05) is 29.7 Å². The molecule has 2 aromatic heterocycles. The van der Waals surface area contributed by atoms with Gasteiger partial charge in [-0.25, -0.2) is 4.98 Å². The average Bonchev–Trinajstić information content (AvgIpc) is 3.44. The number of halogens is 2. The molecule has 0 fully saturated rings. The Morgan fingerprint density at radius 3 is 2.34 bits per heavy atom. The van der Waals surface area contributed by atoms with E-state index in [9.17, 15) is 18.5 Å². The van der Waals surface area contributed by atoms with Gasteiger partial charge in [-0.2, -0.15) is 8.42 Å². The second-order valence-electron chi connectivity index (χ2n) is 6.49. The molecule has 0 aliphatic carbocycles. The molecule has 0 saturated heterocycles. The van der Waals surface area contributed by atoms with Crippen LogP contribution in [-0.2, 0) is 16.5 Å². The van der Waals surface area contributed by atoms with E-state index in [1.54, 1.807) is 23.7 Å². The largest absolute Gasteiger partial charge is 0.382 e. The average molecular weight is 536 g/mol. The summed E-state index contributed by atoms with van der Waals surface area (Å²) in [5, 5.41) is 13.7. The molecule has 13 heteroatoms. The first-order chi connectivity index (χ1) is 15.4. The normalized spacial score (nSPS) is 12.4. The van der Waals surface area contributed by atoms with Crippen LogP contribution in [0.15, 0.2) is 47.3 Å². The van der Waals surface area contributed by atoms with Crippen LogP contribution < -0.4 is 9.08 Å². The van der Waals surface area contributed by atoms with Crippen LogP contribution in [0.4, 0.5) is 10.7 Å². The lowest BCUT2D eigenvalue weighted by atomic mass is 10.2. The molecule has 0 N–H and O–H groups in total. The Kier molecular flexibility index (Phi) is 8.72. The second-order valence-corrected chi connectivity index (χ2v) is 10.8. The van der Waals surface area contributed by atoms with Crippen LogP contribution in [0.5, 0.6) is 5.75 Å². The van der Waals surface area contributed by atoms with E-state index < -0.39 is 20.3 Å². The van der Waals surface area contributed by atoms with Gasteiger partial charge < -0.3 is 9.08 Å². The first kappa shape index (κ1) is 24.7. The number of hydrogen-bond donors (Lipinski definition) is 0. The molecular weight excluding hydrogens is 517 g/mol. The number of nitro groups is 1. The Morgan fingerprint density at radius 1 is 1.09 bits per heavy atom. The van der Waals surface area contributed by atoms with Gasteiger partial charge in [0, 0.05) is 48.5 Å². The Labute approximate surface area is 203 Å². The van der Waals surface area contributed by atoms with Crippen LogP contribution in [0, 0.1) is 10.1 Å². The first-order valence-corrected chi connectivity index (χ1v) is 13.7. The van der Waals surface area contributed by atoms with Crippen molar-refractivity contribution in [3.05, 3.63) is 68.0 Å². The summed E-state index contributed by atoms with van der Waals surface area (Å²) >= 11 is 13.8. The molecule has 0 saturated carbocycles. The minimum atomic E-state index is -4.27. The van der Waals surface area contributed by atoms with E-state index in [1.165, 1.54) is 34.9 Å². The molecule has 32 heavy (non-hydrogen) atoms. The van der Waals surface area contributed by atoms with Crippen molar-refractivity contribution in [2.45, 2.75) is 11.7 Å². The molecule has 0 amide bonds. The third kappa shape index (κ3) is 6.10. The van der Waals surface area contributed by atoms with Gasteiger partial charge >= 0.3 is 15.1 Å². The maximum atomic E-state index is 13.2. The van der Waals surface area contributed by atoms with Crippen LogP contribution in [0.1, 0.15) is 15.8 Å². The smallest absolute Gasteiger partial charge is 0.328 e. The van der Waals surface area contributed by atoms with Crippen molar-refractivity contribution in [1.82, 2.24) is 4.98 Å². The van der Waals surface area contributed by atoms with Crippen molar-refractivity contribution >= 4 is 66.7 Å². The lowest BCUT2D eigenvalue weighted by Gasteiger charge is -2.23. The van der Waals surface area contributed by atoms with Gasteiger partial charge in [0.1, 0.15) is 11.0 Å². The number of benzene rings is 1. The van der Waals surface area contributed by atoms with E-state index in [0.717, 1.165) is 17.0 Å². The van der Waals surface area contributed by atoms with E-state index in [4.69, 9.17) is 27.4 Å². The molecule has 172 valence electrons. The summed E-state index contributed by atoms with van der Waals surface area (Å²) in [4.78, 5) is 16.9. The molecule has 0 radical (unpaired) electrons. The van der Waals surface area contributed by atoms with Gasteiger partial charge in [0.05, 0.1) is 15.5 Å². The highest BCUT2D eigenvalue weighted by Gasteiger charge is 2.36. The third-order valence-corrected chi connectivity index (χ3v) is 8.06. The predicted octanol–water partition coefficient (Wildman–Crippen LogP) is 5.09. The fraction of sp³-hybridized carbons (Fsp3) is 0.316. The number of rotatable bonds is 12. The second kappa shape index (κ2) is 11.3. The molecule has 0 aliphatic rings. The first-order valence-electron chi connectivity index (χ1n) is 9.36. The standard InChI is InChI=1S/C19H19Cl2N3O5S3/c20-6-9-23(10-7-21)14-1-3-15(4-2-14)29-32(27,28)17(13-18-22-8-12-30-18)16-5-11-31-19(16)24(25)26/h1-5,8,11-12,17H,6-7,9-10,13H2. The number of nitrogens with zero attached hydrogens (tertiary/aromatic N) is 3. The molecule has 1 aromatic carbocycles. The maximum Gasteiger partial charge on any atom is 0.328 e. The van der Waals surface area contributed by atoms with Gasteiger partial charge in [-0.05, 0) is 35.7 Å². The summed E-state index contributed by atoms with van der Waals surface area (Å²) in [6.45, 7) is 1.18. The van der Waals surface area contributed by atoms with Crippen molar-refractivity contribution in [3.63, 3.8) is 0 Å². The molecule has 2 heterocycles. The van der Waals surface area contributed by atoms with Crippen LogP contribution >= 0.6 is 45.9 Å². The monoisotopic (exact) mass is 535 g/mol. The summed E-state index contributed by atoms with van der Waals surface area (Å²) < 4.78 is 31.8. The summed E-state index contributed by atoms with van der Waals surface area (Å²) in [5.41, 5.74) is 0.908. The van der Waals surface area contributed by atoms with E-state index >= 15 is 0 Å². The van der Waals surface area contributed by atoms with E-state index in [2.05, 4.69) is 4.98 Å². The number of hydrogen-bond acceptors (Lipinski definition) is 9. The lowest BCUT2D eigenvalue weighted by molar-refractivity contribution is -0.380. The highest BCUT2D eigenvalue weighted by molar-refractivity contribution is 7.87. The minimum Gasteiger partial charge on any atom is -0.382 e. The topological polar surface area (TPSA) is 103 Å². The van der Waals surface area contributed by atoms with Crippen molar-refractivity contribution in [2.24, 2.45) is 0 Å². The van der Waals surface area contributed by atoms with Gasteiger partial charge in [0.15, 0.2) is 0 Å². The van der Waals surface area contributed by atoms with Gasteiger partial charge in [-0.3, -0.25) is 10.1 Å². The third-order valence-electron chi connectivity index (χ3n) is 4.50. The maximum absolute atomic E-state index is 13.2. The van der Waals surface area contributed by atoms with Gasteiger partial charge in [-0.1, -0.05) is 11.3 Å². The van der Waals surface area contributed by atoms with Crippen LogP contribution in [0.2, 0.25) is 0 Å². The molecule has 0 aliphatic heterocycles. The van der Waals surface area contributed by atoms with Gasteiger partial charge in [-0.15, -0.1) is 34.5 Å². The van der Waals surface area contributed by atoms with Crippen LogP contribution in [0.3, 0.4) is 0 Å². The number of alkyl halides is 2. The number of aromatic nitrogens is 1. The molecule has 1 atom stereocenters. The summed E-state index contributed by atoms with van der Waals surface area (Å²) in [7, 11) is -4.27. The molecule has 0 spiro atoms. The predicted molar refractivity (Wildman–Crippen MR) is 129 cm³/mol. The van der Waals surface area contributed by atoms with Crippen molar-refractivity contribution < 1.29 is 17.5 Å². The Balaban J connectivity index is 1.88. The lowest BCUT2D eigenvalue weighted by Crippen LogP contribution is -2.27. The highest BCUT2D eigenvalue weighted by Crippen LogP contribution is 2.38. The van der Waals surface area contributed by atoms with Gasteiger partial charge in [0.2, 0.25) is 0 Å². The van der Waals surface area contributed by atoms with Crippen molar-refractivity contribution in [1.29, 1.82) is 0 Å². The molecule has 0 bridgehead atoms. The molecular formula is C19H19Cl2N3O5S3. The SMILES string of the molecule is O=[N+]([O-])c1sccc1C(Cc1nccs1)S(=O)(=O)Oc1ccc(N(CCCl)CCCl)cc1. The minimum absolute atomic E-state index is 0.0329. The molecule has 3 rings (SSSR count). The summed E-state index contributed by atoms with van der Waals surface area (Å²) in [6.07, 6.45) is 1.52. The van der Waals surface area contributed by atoms with Crippen LogP contribution in [0.25, 0.3) is 0 Å². The highest BCUT2D eigenvalue weighted by atomic mass is 35.5. The van der Waals surface area contributed by atoms with Gasteiger partial charge in [0.25, 0.3) is 0 Å². The van der Waals surface area contributed by atoms with E-state index in [0.29, 0.717) is 29.9 Å². The zero-order valence-electron chi connectivity index (χ0n) is 16.6. The number of thiophene rings is 1. The van der Waals surface area contributed by atoms with E-state index in [-0.39, 0.29) is 22.7 Å². The number of anilines is 1. The number of thiazole rings is 1. The summed E-state index contributed by atoms with van der Waals surface area (Å²) in [5.74, 6) is 0.940. The fourth-order valence-corrected chi connectivity index (χ4v) is 6.45. The Bertz CT molecular complexity index is 1120.